The summed E-state index contributed by atoms with van der Waals surface area (Å²) in [5.74, 6) is 0.914. The lowest BCUT2D eigenvalue weighted by molar-refractivity contribution is -0.120. The zero-order valence-electron chi connectivity index (χ0n) is 13.2. The molecule has 1 atom stereocenters. The predicted molar refractivity (Wildman–Crippen MR) is 86.0 cm³/mol. The fraction of sp³-hybridized carbons (Fsp3) is 0.600. The summed E-state index contributed by atoms with van der Waals surface area (Å²) < 4.78 is 1.90. The molecule has 1 fully saturated rings. The Hall–Kier alpha value is -1.63. The van der Waals surface area contributed by atoms with Gasteiger partial charge in [0.15, 0.2) is 10.8 Å². The van der Waals surface area contributed by atoms with Gasteiger partial charge in [0.2, 0.25) is 5.91 Å². The van der Waals surface area contributed by atoms with Crippen molar-refractivity contribution >= 4 is 23.3 Å². The van der Waals surface area contributed by atoms with E-state index in [-0.39, 0.29) is 11.2 Å². The van der Waals surface area contributed by atoms with Crippen LogP contribution in [0.15, 0.2) is 11.2 Å². The second kappa shape index (κ2) is 6.24. The van der Waals surface area contributed by atoms with Crippen molar-refractivity contribution in [2.24, 2.45) is 0 Å². The summed E-state index contributed by atoms with van der Waals surface area (Å²) in [5.41, 5.74) is 1.69. The van der Waals surface area contributed by atoms with Crippen molar-refractivity contribution < 1.29 is 4.79 Å². The van der Waals surface area contributed by atoms with Gasteiger partial charge in [-0.25, -0.2) is 4.98 Å². The van der Waals surface area contributed by atoms with Crippen LogP contribution in [0.5, 0.6) is 0 Å². The second-order valence-electron chi connectivity index (χ2n) is 5.87. The number of amides is 1. The number of hydrogen-bond acceptors (Lipinski definition) is 5. The molecule has 7 heteroatoms. The lowest BCUT2D eigenvalue weighted by Gasteiger charge is -2.15. The molecule has 3 rings (SSSR count). The monoisotopic (exact) mass is 319 g/mol. The van der Waals surface area contributed by atoms with E-state index in [9.17, 15) is 4.79 Å². The van der Waals surface area contributed by atoms with Gasteiger partial charge >= 0.3 is 0 Å². The molecule has 2 heterocycles. The smallest absolute Gasteiger partial charge is 0.233 e. The molecule has 118 valence electrons. The van der Waals surface area contributed by atoms with Crippen molar-refractivity contribution in [2.45, 2.75) is 62.9 Å². The normalized spacial score (nSPS) is 17.0. The molecule has 1 aliphatic rings. The van der Waals surface area contributed by atoms with Gasteiger partial charge in [0.05, 0.1) is 5.25 Å². The molecule has 1 amide bonds. The first kappa shape index (κ1) is 15.3. The Morgan fingerprint density at radius 2 is 2.09 bits per heavy atom. The second-order valence-corrected chi connectivity index (χ2v) is 7.18. The van der Waals surface area contributed by atoms with E-state index in [1.165, 1.54) is 24.6 Å². The first-order chi connectivity index (χ1) is 10.5. The maximum atomic E-state index is 12.3. The molecule has 0 radical (unpaired) electrons. The van der Waals surface area contributed by atoms with Crippen LogP contribution >= 0.6 is 11.8 Å². The van der Waals surface area contributed by atoms with Crippen LogP contribution in [0.2, 0.25) is 0 Å². The summed E-state index contributed by atoms with van der Waals surface area (Å²) in [6.45, 7) is 5.77. The zero-order valence-corrected chi connectivity index (χ0v) is 14.0. The molecule has 0 aromatic carbocycles. The average Bonchev–Trinajstić information content (AvgIpc) is 3.08. The molecule has 1 unspecified atom stereocenters. The van der Waals surface area contributed by atoms with Gasteiger partial charge < -0.3 is 5.32 Å². The van der Waals surface area contributed by atoms with Crippen LogP contribution in [-0.4, -0.2) is 36.8 Å². The summed E-state index contributed by atoms with van der Waals surface area (Å²) in [7, 11) is 0. The topological polar surface area (TPSA) is 72.2 Å². The summed E-state index contributed by atoms with van der Waals surface area (Å²) >= 11 is 1.43. The highest BCUT2D eigenvalue weighted by molar-refractivity contribution is 8.00. The van der Waals surface area contributed by atoms with Crippen LogP contribution in [0, 0.1) is 13.8 Å². The number of nitrogens with one attached hydrogen (secondary N) is 1. The third kappa shape index (κ3) is 3.09. The Labute approximate surface area is 134 Å². The van der Waals surface area contributed by atoms with E-state index in [2.05, 4.69) is 20.5 Å². The molecule has 2 aromatic rings. The number of aromatic nitrogens is 4. The third-order valence-electron chi connectivity index (χ3n) is 4.01. The number of carbonyl (C=O) groups is 1. The number of nitrogens with zero attached hydrogens (tertiary/aromatic N) is 4. The molecule has 22 heavy (non-hydrogen) atoms. The molecule has 0 bridgehead atoms. The minimum Gasteiger partial charge on any atom is -0.352 e. The molecule has 0 spiro atoms. The van der Waals surface area contributed by atoms with Crippen LogP contribution in [0.4, 0.5) is 0 Å². The van der Waals surface area contributed by atoms with E-state index in [1.807, 2.05) is 31.2 Å². The largest absolute Gasteiger partial charge is 0.352 e. The zero-order chi connectivity index (χ0) is 15.7. The highest BCUT2D eigenvalue weighted by Gasteiger charge is 2.23. The minimum atomic E-state index is -0.200. The Morgan fingerprint density at radius 3 is 2.82 bits per heavy atom. The van der Waals surface area contributed by atoms with E-state index >= 15 is 0 Å². The maximum Gasteiger partial charge on any atom is 0.233 e. The first-order valence-electron chi connectivity index (χ1n) is 7.71. The molecule has 6 nitrogen and oxygen atoms in total. The first-order valence-corrected chi connectivity index (χ1v) is 8.59. The van der Waals surface area contributed by atoms with Gasteiger partial charge in [0.25, 0.3) is 0 Å². The number of carbonyl (C=O) groups excluding carboxylic acids is 1. The standard InChI is InChI=1S/C15H21N5OS/c1-9-8-13-18-19-15(20(13)11(3)16-9)22-10(2)14(21)17-12-6-4-5-7-12/h8,10,12H,4-7H2,1-3H3,(H,17,21). The lowest BCUT2D eigenvalue weighted by Crippen LogP contribution is -2.37. The highest BCUT2D eigenvalue weighted by atomic mass is 32.2. The van der Waals surface area contributed by atoms with Gasteiger partial charge in [0.1, 0.15) is 5.82 Å². The number of thioether (sulfide) groups is 1. The van der Waals surface area contributed by atoms with Gasteiger partial charge in [-0.15, -0.1) is 10.2 Å². The number of fused-ring (bicyclic) bond motifs is 1. The summed E-state index contributed by atoms with van der Waals surface area (Å²) in [6.07, 6.45) is 4.62. The predicted octanol–water partition coefficient (Wildman–Crippen LogP) is 2.28. The van der Waals surface area contributed by atoms with Crippen molar-refractivity contribution in [3.8, 4) is 0 Å². The van der Waals surface area contributed by atoms with Crippen molar-refractivity contribution in [3.63, 3.8) is 0 Å². The van der Waals surface area contributed by atoms with Crippen LogP contribution in [0.3, 0.4) is 0 Å². The molecule has 1 aliphatic carbocycles. The maximum absolute atomic E-state index is 12.3. The Morgan fingerprint density at radius 1 is 1.36 bits per heavy atom. The number of rotatable bonds is 4. The molecular formula is C15H21N5OS. The van der Waals surface area contributed by atoms with Crippen molar-refractivity contribution in [1.82, 2.24) is 24.9 Å². The summed E-state index contributed by atoms with van der Waals surface area (Å²) in [6, 6.07) is 2.24. The SMILES string of the molecule is Cc1cc2nnc(SC(C)C(=O)NC3CCCC3)n2c(C)n1. The summed E-state index contributed by atoms with van der Waals surface area (Å²) in [5, 5.41) is 12.0. The average molecular weight is 319 g/mol. The molecule has 0 saturated heterocycles. The van der Waals surface area contributed by atoms with Gasteiger partial charge in [-0.3, -0.25) is 9.20 Å². The molecular weight excluding hydrogens is 298 g/mol. The van der Waals surface area contributed by atoms with Crippen molar-refractivity contribution in [2.75, 3.05) is 0 Å². The lowest BCUT2D eigenvalue weighted by atomic mass is 10.2. The van der Waals surface area contributed by atoms with E-state index in [0.717, 1.165) is 30.0 Å². The number of aryl methyl sites for hydroxylation is 2. The molecule has 1 saturated carbocycles. The van der Waals surface area contributed by atoms with E-state index in [4.69, 9.17) is 0 Å². The highest BCUT2D eigenvalue weighted by Crippen LogP contribution is 2.24. The quantitative estimate of drug-likeness (QED) is 0.875. The van der Waals surface area contributed by atoms with Gasteiger partial charge in [0, 0.05) is 17.8 Å². The Balaban J connectivity index is 1.73. The summed E-state index contributed by atoms with van der Waals surface area (Å²) in [4.78, 5) is 16.7. The van der Waals surface area contributed by atoms with Gasteiger partial charge in [-0.1, -0.05) is 24.6 Å². The van der Waals surface area contributed by atoms with E-state index < -0.39 is 0 Å². The van der Waals surface area contributed by atoms with Crippen molar-refractivity contribution in [3.05, 3.63) is 17.6 Å². The van der Waals surface area contributed by atoms with Gasteiger partial charge in [-0.05, 0) is 33.6 Å². The Kier molecular flexibility index (Phi) is 4.33. The minimum absolute atomic E-state index is 0.0753. The van der Waals surface area contributed by atoms with Crippen LogP contribution in [0.1, 0.15) is 44.1 Å². The molecule has 2 aromatic heterocycles. The van der Waals surface area contributed by atoms with E-state index in [1.54, 1.807) is 0 Å². The van der Waals surface area contributed by atoms with Crippen LogP contribution in [0.25, 0.3) is 5.65 Å². The fourth-order valence-electron chi connectivity index (χ4n) is 2.88. The van der Waals surface area contributed by atoms with E-state index in [0.29, 0.717) is 11.2 Å². The third-order valence-corrected chi connectivity index (χ3v) is 5.05. The molecule has 1 N–H and O–H groups in total. The van der Waals surface area contributed by atoms with Crippen molar-refractivity contribution in [1.29, 1.82) is 0 Å². The molecule has 0 aliphatic heterocycles. The Bertz CT molecular complexity index is 693. The van der Waals surface area contributed by atoms with Crippen LogP contribution in [-0.2, 0) is 4.79 Å². The number of hydrogen-bond donors (Lipinski definition) is 1. The van der Waals surface area contributed by atoms with Crippen LogP contribution < -0.4 is 5.32 Å². The van der Waals surface area contributed by atoms with Gasteiger partial charge in [-0.2, -0.15) is 0 Å². The fourth-order valence-corrected chi connectivity index (χ4v) is 3.79.